The Labute approximate surface area is 100 Å². The van der Waals surface area contributed by atoms with Gasteiger partial charge in [-0.15, -0.1) is 0 Å². The summed E-state index contributed by atoms with van der Waals surface area (Å²) in [4.78, 5) is 14.4. The van der Waals surface area contributed by atoms with E-state index in [1.54, 1.807) is 0 Å². The lowest BCUT2D eigenvalue weighted by Gasteiger charge is -2.23. The lowest BCUT2D eigenvalue weighted by Crippen LogP contribution is -2.23. The predicted molar refractivity (Wildman–Crippen MR) is 61.3 cm³/mol. The first-order valence-electron chi connectivity index (χ1n) is 5.68. The summed E-state index contributed by atoms with van der Waals surface area (Å²) in [5.74, 6) is -0.176. The molecule has 0 aliphatic rings. The molecular formula is C11H19N3O3. The molecule has 1 rings (SSSR count). The molecule has 0 unspecified atom stereocenters. The maximum absolute atomic E-state index is 10.5. The molecule has 0 bridgehead atoms. The number of hydrogen-bond acceptors (Lipinski definition) is 5. The van der Waals surface area contributed by atoms with Crippen LogP contribution in [0.25, 0.3) is 0 Å². The van der Waals surface area contributed by atoms with Crippen molar-refractivity contribution in [1.82, 2.24) is 15.5 Å². The molecule has 6 heteroatoms. The Balaban J connectivity index is 2.14. The van der Waals surface area contributed by atoms with Gasteiger partial charge in [-0.3, -0.25) is 4.79 Å². The van der Waals surface area contributed by atoms with Crippen molar-refractivity contribution >= 4 is 5.97 Å². The summed E-state index contributed by atoms with van der Waals surface area (Å²) in [6, 6.07) is 0. The van der Waals surface area contributed by atoms with Gasteiger partial charge < -0.3 is 14.9 Å². The average molecular weight is 241 g/mol. The number of rotatable bonds is 8. The number of carbonyl (C=O) groups is 1. The van der Waals surface area contributed by atoms with Gasteiger partial charge in [0.2, 0.25) is 5.89 Å². The zero-order valence-electron chi connectivity index (χ0n) is 10.3. The van der Waals surface area contributed by atoms with Crippen molar-refractivity contribution in [2.75, 3.05) is 6.54 Å². The van der Waals surface area contributed by atoms with Crippen LogP contribution in [-0.4, -0.2) is 27.8 Å². The summed E-state index contributed by atoms with van der Waals surface area (Å²) in [6.45, 7) is 5.50. The van der Waals surface area contributed by atoms with Gasteiger partial charge in [-0.2, -0.15) is 4.98 Å². The van der Waals surface area contributed by atoms with E-state index in [4.69, 9.17) is 9.63 Å². The average Bonchev–Trinajstić information content (AvgIpc) is 2.75. The molecule has 1 heterocycles. The largest absolute Gasteiger partial charge is 0.481 e. The van der Waals surface area contributed by atoms with E-state index in [1.165, 1.54) is 6.33 Å². The first-order valence-corrected chi connectivity index (χ1v) is 5.68. The van der Waals surface area contributed by atoms with Crippen molar-refractivity contribution in [2.24, 2.45) is 5.41 Å². The summed E-state index contributed by atoms with van der Waals surface area (Å²) in [6.07, 6.45) is 3.18. The first-order chi connectivity index (χ1) is 7.99. The summed E-state index contributed by atoms with van der Waals surface area (Å²) in [5, 5.41) is 15.3. The highest BCUT2D eigenvalue weighted by Crippen LogP contribution is 2.25. The van der Waals surface area contributed by atoms with Gasteiger partial charge in [-0.1, -0.05) is 19.0 Å². The number of aliphatic carboxylic acids is 1. The van der Waals surface area contributed by atoms with E-state index >= 15 is 0 Å². The molecule has 96 valence electrons. The third-order valence-electron chi connectivity index (χ3n) is 2.68. The molecule has 0 fully saturated rings. The third-order valence-corrected chi connectivity index (χ3v) is 2.68. The minimum absolute atomic E-state index is 0.0280. The molecular weight excluding hydrogens is 222 g/mol. The smallest absolute Gasteiger partial charge is 0.303 e. The van der Waals surface area contributed by atoms with E-state index in [2.05, 4.69) is 29.3 Å². The fourth-order valence-corrected chi connectivity index (χ4v) is 1.47. The Hall–Kier alpha value is -1.43. The highest BCUT2D eigenvalue weighted by Gasteiger charge is 2.18. The molecule has 0 radical (unpaired) electrons. The van der Waals surface area contributed by atoms with Crippen molar-refractivity contribution in [3.05, 3.63) is 12.2 Å². The molecule has 0 saturated heterocycles. The Morgan fingerprint density at radius 2 is 2.29 bits per heavy atom. The zero-order chi connectivity index (χ0) is 12.7. The Morgan fingerprint density at radius 1 is 1.53 bits per heavy atom. The van der Waals surface area contributed by atoms with Gasteiger partial charge in [0, 0.05) is 6.42 Å². The summed E-state index contributed by atoms with van der Waals surface area (Å²) < 4.78 is 4.84. The minimum atomic E-state index is -0.739. The molecule has 0 aliphatic heterocycles. The van der Waals surface area contributed by atoms with Crippen LogP contribution in [0.1, 0.15) is 39.0 Å². The number of carboxylic acid groups (broad SMARTS) is 1. The van der Waals surface area contributed by atoms with Crippen LogP contribution in [0.4, 0.5) is 0 Å². The van der Waals surface area contributed by atoms with Gasteiger partial charge in [0.25, 0.3) is 0 Å². The molecule has 1 aromatic rings. The second-order valence-electron chi connectivity index (χ2n) is 4.82. The van der Waals surface area contributed by atoms with E-state index in [0.717, 1.165) is 13.0 Å². The second-order valence-corrected chi connectivity index (χ2v) is 4.82. The molecule has 0 spiro atoms. The van der Waals surface area contributed by atoms with Gasteiger partial charge in [0.15, 0.2) is 6.33 Å². The van der Waals surface area contributed by atoms with Crippen LogP contribution in [0.3, 0.4) is 0 Å². The van der Waals surface area contributed by atoms with Crippen LogP contribution in [0.15, 0.2) is 10.9 Å². The van der Waals surface area contributed by atoms with Crippen LogP contribution in [-0.2, 0) is 11.3 Å². The van der Waals surface area contributed by atoms with E-state index in [9.17, 15) is 4.79 Å². The van der Waals surface area contributed by atoms with Crippen LogP contribution < -0.4 is 5.32 Å². The van der Waals surface area contributed by atoms with Crippen molar-refractivity contribution in [3.8, 4) is 0 Å². The number of hydrogen-bond donors (Lipinski definition) is 2. The Bertz CT molecular complexity index is 336. The van der Waals surface area contributed by atoms with Crippen LogP contribution in [0.2, 0.25) is 0 Å². The van der Waals surface area contributed by atoms with Crippen molar-refractivity contribution in [1.29, 1.82) is 0 Å². The minimum Gasteiger partial charge on any atom is -0.481 e. The molecule has 1 aromatic heterocycles. The van der Waals surface area contributed by atoms with Crippen molar-refractivity contribution < 1.29 is 14.4 Å². The Morgan fingerprint density at radius 3 is 2.88 bits per heavy atom. The van der Waals surface area contributed by atoms with Gasteiger partial charge in [-0.25, -0.2) is 0 Å². The normalized spacial score (nSPS) is 11.6. The topological polar surface area (TPSA) is 88.3 Å². The molecule has 2 N–H and O–H groups in total. The monoisotopic (exact) mass is 241 g/mol. The number of aromatic nitrogens is 2. The number of nitrogens with zero attached hydrogens (tertiary/aromatic N) is 2. The summed E-state index contributed by atoms with van der Waals surface area (Å²) >= 11 is 0. The van der Waals surface area contributed by atoms with Crippen LogP contribution >= 0.6 is 0 Å². The van der Waals surface area contributed by atoms with E-state index < -0.39 is 5.97 Å². The van der Waals surface area contributed by atoms with E-state index in [-0.39, 0.29) is 11.8 Å². The molecule has 0 aromatic carbocycles. The zero-order valence-corrected chi connectivity index (χ0v) is 10.3. The summed E-state index contributed by atoms with van der Waals surface area (Å²) in [5.41, 5.74) is 0.0280. The van der Waals surface area contributed by atoms with Gasteiger partial charge in [-0.05, 0) is 24.8 Å². The first kappa shape index (κ1) is 13.6. The molecule has 0 aliphatic carbocycles. The van der Waals surface area contributed by atoms with E-state index in [0.29, 0.717) is 18.9 Å². The van der Waals surface area contributed by atoms with Crippen molar-refractivity contribution in [2.45, 2.75) is 39.7 Å². The highest BCUT2D eigenvalue weighted by atomic mass is 16.5. The lowest BCUT2D eigenvalue weighted by atomic mass is 9.84. The fraction of sp³-hybridized carbons (Fsp3) is 0.727. The second kappa shape index (κ2) is 6.34. The van der Waals surface area contributed by atoms with Crippen LogP contribution in [0.5, 0.6) is 0 Å². The lowest BCUT2D eigenvalue weighted by molar-refractivity contribution is -0.137. The van der Waals surface area contributed by atoms with Crippen molar-refractivity contribution in [3.63, 3.8) is 0 Å². The molecule has 0 amide bonds. The predicted octanol–water partition coefficient (Wildman–Crippen LogP) is 1.44. The molecule has 0 saturated carbocycles. The molecule has 6 nitrogen and oxygen atoms in total. The molecule has 17 heavy (non-hydrogen) atoms. The standard InChI is InChI=1S/C11H19N3O3/c1-11(2,4-3-10(15)16)5-6-12-7-9-13-8-14-17-9/h8,12H,3-7H2,1-2H3,(H,15,16). The maximum Gasteiger partial charge on any atom is 0.303 e. The SMILES string of the molecule is CC(C)(CCNCc1ncno1)CCC(=O)O. The third kappa shape index (κ3) is 6.01. The number of nitrogens with one attached hydrogen (secondary N) is 1. The Kier molecular flexibility index (Phi) is 5.09. The van der Waals surface area contributed by atoms with E-state index in [1.807, 2.05) is 0 Å². The van der Waals surface area contributed by atoms with Gasteiger partial charge in [0.1, 0.15) is 0 Å². The van der Waals surface area contributed by atoms with Gasteiger partial charge in [0.05, 0.1) is 6.54 Å². The van der Waals surface area contributed by atoms with Crippen LogP contribution in [0, 0.1) is 5.41 Å². The number of carboxylic acids is 1. The van der Waals surface area contributed by atoms with Gasteiger partial charge >= 0.3 is 5.97 Å². The summed E-state index contributed by atoms with van der Waals surface area (Å²) in [7, 11) is 0. The molecule has 0 atom stereocenters. The highest BCUT2D eigenvalue weighted by molar-refractivity contribution is 5.66. The maximum atomic E-state index is 10.5. The quantitative estimate of drug-likeness (QED) is 0.669. The fourth-order valence-electron chi connectivity index (χ4n) is 1.47.